The van der Waals surface area contributed by atoms with E-state index in [9.17, 15) is 22.4 Å². The third-order valence-electron chi connectivity index (χ3n) is 4.61. The summed E-state index contributed by atoms with van der Waals surface area (Å²) < 4.78 is 54.2. The van der Waals surface area contributed by atoms with Gasteiger partial charge in [-0.2, -0.15) is 18.3 Å². The molecule has 150 valence electrons. The highest BCUT2D eigenvalue weighted by Crippen LogP contribution is 2.43. The van der Waals surface area contributed by atoms with E-state index in [-0.39, 0.29) is 17.2 Å². The highest BCUT2D eigenvalue weighted by atomic mass is 79.9. The van der Waals surface area contributed by atoms with E-state index in [2.05, 4.69) is 26.3 Å². The Bertz CT molecular complexity index is 1090. The molecule has 1 N–H and O–H groups in total. The van der Waals surface area contributed by atoms with E-state index in [0.717, 1.165) is 25.0 Å². The molecule has 0 atom stereocenters. The number of anilines is 1. The second-order valence-electron chi connectivity index (χ2n) is 6.76. The highest BCUT2D eigenvalue weighted by molar-refractivity contribution is 9.10. The molecule has 0 radical (unpaired) electrons. The van der Waals surface area contributed by atoms with Crippen molar-refractivity contribution in [1.29, 1.82) is 0 Å². The standard InChI is InChI=1S/C20H14BrF4N3O/c21-16-9-13(22)6-7-17(16)27-19(29)15-10-26-28(18(15)11-4-5-11)14-3-1-2-12(8-14)20(23,24)25/h1-3,6-11H,4-5H2,(H,27,29). The van der Waals surface area contributed by atoms with Crippen LogP contribution in [-0.4, -0.2) is 15.7 Å². The van der Waals surface area contributed by atoms with Crippen molar-refractivity contribution in [3.05, 3.63) is 75.8 Å². The summed E-state index contributed by atoms with van der Waals surface area (Å²) in [5.74, 6) is -0.868. The van der Waals surface area contributed by atoms with Crippen LogP contribution in [0.15, 0.2) is 53.1 Å². The first kappa shape index (κ1) is 19.6. The molecule has 9 heteroatoms. The molecule has 3 aromatic rings. The molecule has 1 aromatic heterocycles. The number of rotatable bonds is 4. The molecular formula is C20H14BrF4N3O. The molecule has 29 heavy (non-hydrogen) atoms. The van der Waals surface area contributed by atoms with Crippen molar-refractivity contribution in [2.45, 2.75) is 24.9 Å². The van der Waals surface area contributed by atoms with Crippen molar-refractivity contribution < 1.29 is 22.4 Å². The van der Waals surface area contributed by atoms with Gasteiger partial charge in [0.05, 0.1) is 34.4 Å². The van der Waals surface area contributed by atoms with E-state index >= 15 is 0 Å². The molecule has 0 bridgehead atoms. The van der Waals surface area contributed by atoms with Crippen LogP contribution in [0.4, 0.5) is 23.2 Å². The fraction of sp³-hybridized carbons (Fsp3) is 0.200. The molecule has 1 heterocycles. The molecule has 0 unspecified atom stereocenters. The third kappa shape index (κ3) is 4.05. The minimum absolute atomic E-state index is 0.0458. The summed E-state index contributed by atoms with van der Waals surface area (Å²) in [5, 5.41) is 6.88. The molecular weight excluding hydrogens is 454 g/mol. The number of alkyl halides is 3. The van der Waals surface area contributed by atoms with Gasteiger partial charge < -0.3 is 5.32 Å². The number of halogens is 5. The predicted molar refractivity (Wildman–Crippen MR) is 103 cm³/mol. The lowest BCUT2D eigenvalue weighted by atomic mass is 10.1. The van der Waals surface area contributed by atoms with Gasteiger partial charge in [-0.1, -0.05) is 6.07 Å². The lowest BCUT2D eigenvalue weighted by Crippen LogP contribution is -2.15. The first-order valence-electron chi connectivity index (χ1n) is 8.76. The van der Waals surface area contributed by atoms with Crippen LogP contribution in [0.2, 0.25) is 0 Å². The average molecular weight is 468 g/mol. The highest BCUT2D eigenvalue weighted by Gasteiger charge is 2.34. The summed E-state index contributed by atoms with van der Waals surface area (Å²) in [7, 11) is 0. The molecule has 4 rings (SSSR count). The van der Waals surface area contributed by atoms with Gasteiger partial charge in [0.2, 0.25) is 0 Å². The zero-order chi connectivity index (χ0) is 20.8. The van der Waals surface area contributed by atoms with Crippen molar-refractivity contribution in [1.82, 2.24) is 9.78 Å². The largest absolute Gasteiger partial charge is 0.416 e. The zero-order valence-electron chi connectivity index (χ0n) is 14.8. The molecule has 0 saturated heterocycles. The summed E-state index contributed by atoms with van der Waals surface area (Å²) >= 11 is 3.19. The van der Waals surface area contributed by atoms with Crippen LogP contribution in [0.1, 0.15) is 40.4 Å². The number of nitrogens with zero attached hydrogens (tertiary/aromatic N) is 2. The van der Waals surface area contributed by atoms with Crippen LogP contribution in [0.3, 0.4) is 0 Å². The van der Waals surface area contributed by atoms with Gasteiger partial charge in [-0.05, 0) is 65.2 Å². The predicted octanol–water partition coefficient (Wildman–Crippen LogP) is 5.92. The molecule has 1 fully saturated rings. The Labute approximate surface area is 171 Å². The molecule has 0 spiro atoms. The molecule has 1 saturated carbocycles. The monoisotopic (exact) mass is 467 g/mol. The van der Waals surface area contributed by atoms with Crippen molar-refractivity contribution in [2.24, 2.45) is 0 Å². The quantitative estimate of drug-likeness (QED) is 0.484. The van der Waals surface area contributed by atoms with Gasteiger partial charge in [-0.3, -0.25) is 4.79 Å². The topological polar surface area (TPSA) is 46.9 Å². The van der Waals surface area contributed by atoms with E-state index in [1.54, 1.807) is 0 Å². The number of benzene rings is 2. The minimum atomic E-state index is -4.47. The summed E-state index contributed by atoms with van der Waals surface area (Å²) in [6, 6.07) is 8.70. The Balaban J connectivity index is 1.70. The van der Waals surface area contributed by atoms with E-state index in [4.69, 9.17) is 0 Å². The first-order chi connectivity index (χ1) is 13.7. The van der Waals surface area contributed by atoms with Gasteiger partial charge in [0.25, 0.3) is 5.91 Å². The Kier molecular flexibility index (Phi) is 4.94. The number of hydrogen-bond acceptors (Lipinski definition) is 2. The van der Waals surface area contributed by atoms with E-state index in [0.29, 0.717) is 15.9 Å². The minimum Gasteiger partial charge on any atom is -0.321 e. The van der Waals surface area contributed by atoms with Crippen LogP contribution in [0.5, 0.6) is 0 Å². The zero-order valence-corrected chi connectivity index (χ0v) is 16.4. The second kappa shape index (κ2) is 7.29. The van der Waals surface area contributed by atoms with Gasteiger partial charge in [0.1, 0.15) is 5.82 Å². The molecule has 0 aliphatic heterocycles. The fourth-order valence-electron chi connectivity index (χ4n) is 3.08. The van der Waals surface area contributed by atoms with E-state index in [1.165, 1.54) is 41.2 Å². The van der Waals surface area contributed by atoms with Gasteiger partial charge in [0, 0.05) is 10.4 Å². The lowest BCUT2D eigenvalue weighted by molar-refractivity contribution is -0.137. The van der Waals surface area contributed by atoms with E-state index in [1.807, 2.05) is 0 Å². The molecule has 1 aliphatic rings. The summed E-state index contributed by atoms with van der Waals surface area (Å²) in [4.78, 5) is 12.8. The van der Waals surface area contributed by atoms with Gasteiger partial charge >= 0.3 is 6.18 Å². The van der Waals surface area contributed by atoms with Crippen LogP contribution in [-0.2, 0) is 6.18 Å². The maximum Gasteiger partial charge on any atom is 0.416 e. The summed E-state index contributed by atoms with van der Waals surface area (Å²) in [6.45, 7) is 0. The van der Waals surface area contributed by atoms with Crippen LogP contribution in [0, 0.1) is 5.82 Å². The maximum absolute atomic E-state index is 13.3. The van der Waals surface area contributed by atoms with Crippen LogP contribution < -0.4 is 5.32 Å². The number of amides is 1. The van der Waals surface area contributed by atoms with E-state index < -0.39 is 23.5 Å². The summed E-state index contributed by atoms with van der Waals surface area (Å²) in [5.41, 5.74) is 0.684. The van der Waals surface area contributed by atoms with Crippen LogP contribution in [0.25, 0.3) is 5.69 Å². The molecule has 4 nitrogen and oxygen atoms in total. The number of carbonyl (C=O) groups is 1. The van der Waals surface area contributed by atoms with Crippen LogP contribution >= 0.6 is 15.9 Å². The fourth-order valence-corrected chi connectivity index (χ4v) is 3.53. The first-order valence-corrected chi connectivity index (χ1v) is 9.55. The molecule has 1 aliphatic carbocycles. The molecule has 2 aromatic carbocycles. The van der Waals surface area contributed by atoms with Gasteiger partial charge in [-0.15, -0.1) is 0 Å². The Morgan fingerprint density at radius 2 is 1.93 bits per heavy atom. The Morgan fingerprint density at radius 1 is 1.17 bits per heavy atom. The maximum atomic E-state index is 13.3. The Morgan fingerprint density at radius 3 is 2.59 bits per heavy atom. The van der Waals surface area contributed by atoms with Gasteiger partial charge in [-0.25, -0.2) is 9.07 Å². The third-order valence-corrected chi connectivity index (χ3v) is 5.27. The number of aromatic nitrogens is 2. The second-order valence-corrected chi connectivity index (χ2v) is 7.61. The summed E-state index contributed by atoms with van der Waals surface area (Å²) in [6.07, 6.45) is -1.48. The normalized spacial score (nSPS) is 14.1. The Hall–Kier alpha value is -2.68. The number of carbonyl (C=O) groups excluding carboxylic acids is 1. The van der Waals surface area contributed by atoms with Crippen molar-refractivity contribution in [3.63, 3.8) is 0 Å². The smallest absolute Gasteiger partial charge is 0.321 e. The average Bonchev–Trinajstić information content (AvgIpc) is 3.41. The number of nitrogens with one attached hydrogen (secondary N) is 1. The van der Waals surface area contributed by atoms with Crippen molar-refractivity contribution in [3.8, 4) is 5.69 Å². The van der Waals surface area contributed by atoms with Crippen molar-refractivity contribution >= 4 is 27.5 Å². The van der Waals surface area contributed by atoms with Gasteiger partial charge in [0.15, 0.2) is 0 Å². The SMILES string of the molecule is O=C(Nc1ccc(F)cc1Br)c1cnn(-c2cccc(C(F)(F)F)c2)c1C1CC1. The lowest BCUT2D eigenvalue weighted by Gasteiger charge is -2.12. The molecule has 1 amide bonds. The number of hydrogen-bond donors (Lipinski definition) is 1. The van der Waals surface area contributed by atoms with Crippen molar-refractivity contribution in [2.75, 3.05) is 5.32 Å².